The summed E-state index contributed by atoms with van der Waals surface area (Å²) in [7, 11) is 3.92. The van der Waals surface area contributed by atoms with Gasteiger partial charge < -0.3 is 15.1 Å². The van der Waals surface area contributed by atoms with Crippen LogP contribution in [0.1, 0.15) is 12.8 Å². The van der Waals surface area contributed by atoms with Crippen LogP contribution >= 0.6 is 11.6 Å². The number of aromatic nitrogens is 2. The summed E-state index contributed by atoms with van der Waals surface area (Å²) in [4.78, 5) is 16.5. The molecule has 1 aromatic rings. The molecule has 21 heavy (non-hydrogen) atoms. The van der Waals surface area contributed by atoms with Gasteiger partial charge in [0.15, 0.2) is 0 Å². The zero-order chi connectivity index (χ0) is 15.2. The Labute approximate surface area is 130 Å². The van der Waals surface area contributed by atoms with Gasteiger partial charge in [-0.15, -0.1) is 0 Å². The number of hydrogen-bond donors (Lipinski definition) is 1. The first kappa shape index (κ1) is 16.3. The van der Waals surface area contributed by atoms with Gasteiger partial charge >= 0.3 is 0 Å². The predicted molar refractivity (Wildman–Crippen MR) is 86.2 cm³/mol. The summed E-state index contributed by atoms with van der Waals surface area (Å²) >= 11 is 6.15. The van der Waals surface area contributed by atoms with Crippen molar-refractivity contribution in [3.63, 3.8) is 0 Å². The Hall–Kier alpha value is -1.11. The lowest BCUT2D eigenvalue weighted by Gasteiger charge is -2.16. The molecule has 0 aromatic carbocycles. The van der Waals surface area contributed by atoms with E-state index in [4.69, 9.17) is 11.6 Å². The Balaban J connectivity index is 1.91. The van der Waals surface area contributed by atoms with Crippen molar-refractivity contribution in [1.29, 1.82) is 0 Å². The Kier molecular flexibility index (Phi) is 6.02. The largest absolute Gasteiger partial charge is 0.381 e. The molecule has 1 aromatic heterocycles. The Morgan fingerprint density at radius 2 is 2.05 bits per heavy atom. The van der Waals surface area contributed by atoms with Crippen molar-refractivity contribution in [2.75, 3.05) is 52.1 Å². The molecule has 0 saturated carbocycles. The quantitative estimate of drug-likeness (QED) is 0.813. The van der Waals surface area contributed by atoms with Crippen LogP contribution in [-0.4, -0.2) is 66.4 Å². The van der Waals surface area contributed by atoms with E-state index in [1.807, 2.05) is 19.0 Å². The monoisotopic (exact) mass is 313 g/mol. The number of anilines is 1. The lowest BCUT2D eigenvalue weighted by molar-refractivity contribution is 0.352. The van der Waals surface area contributed by atoms with Crippen molar-refractivity contribution in [2.24, 2.45) is 0 Å². The lowest BCUT2D eigenvalue weighted by Crippen LogP contribution is -2.30. The number of halogens is 1. The number of rotatable bonds is 7. The fourth-order valence-electron chi connectivity index (χ4n) is 2.40. The van der Waals surface area contributed by atoms with Gasteiger partial charge in [-0.05, 0) is 40.0 Å². The van der Waals surface area contributed by atoms with E-state index in [1.165, 1.54) is 30.6 Å². The minimum atomic E-state index is -0.232. The van der Waals surface area contributed by atoms with Gasteiger partial charge in [0.05, 0.1) is 18.4 Å². The van der Waals surface area contributed by atoms with Crippen molar-refractivity contribution in [3.8, 4) is 0 Å². The number of likely N-dealkylation sites (tertiary alicyclic amines) is 1. The summed E-state index contributed by atoms with van der Waals surface area (Å²) in [6.07, 6.45) is 4.21. The molecule has 0 aliphatic carbocycles. The molecule has 0 amide bonds. The third kappa shape index (κ3) is 4.69. The highest BCUT2D eigenvalue weighted by Crippen LogP contribution is 2.15. The van der Waals surface area contributed by atoms with Crippen LogP contribution in [-0.2, 0) is 6.54 Å². The van der Waals surface area contributed by atoms with Crippen LogP contribution < -0.4 is 10.9 Å². The highest BCUT2D eigenvalue weighted by atomic mass is 35.5. The third-order valence-electron chi connectivity index (χ3n) is 3.69. The molecule has 0 unspecified atom stereocenters. The van der Waals surface area contributed by atoms with E-state index in [0.717, 1.165) is 19.6 Å². The van der Waals surface area contributed by atoms with Gasteiger partial charge in [-0.1, -0.05) is 11.6 Å². The molecule has 6 nitrogen and oxygen atoms in total. The molecule has 7 heteroatoms. The summed E-state index contributed by atoms with van der Waals surface area (Å²) in [5.41, 5.74) is 0.395. The lowest BCUT2D eigenvalue weighted by atomic mass is 10.4. The molecule has 0 atom stereocenters. The van der Waals surface area contributed by atoms with E-state index < -0.39 is 0 Å². The fourth-order valence-corrected chi connectivity index (χ4v) is 2.61. The highest BCUT2D eigenvalue weighted by Gasteiger charge is 2.12. The maximum absolute atomic E-state index is 12.1. The first-order valence-corrected chi connectivity index (χ1v) is 7.82. The van der Waals surface area contributed by atoms with E-state index in [-0.39, 0.29) is 10.6 Å². The summed E-state index contributed by atoms with van der Waals surface area (Å²) in [5, 5.41) is 7.62. The van der Waals surface area contributed by atoms with Gasteiger partial charge in [-0.2, -0.15) is 5.10 Å². The van der Waals surface area contributed by atoms with Crippen molar-refractivity contribution in [3.05, 3.63) is 21.6 Å². The van der Waals surface area contributed by atoms with Crippen LogP contribution in [0.3, 0.4) is 0 Å². The van der Waals surface area contributed by atoms with Crippen LogP contribution in [0.25, 0.3) is 0 Å². The highest BCUT2D eigenvalue weighted by molar-refractivity contribution is 6.32. The second-order valence-corrected chi connectivity index (χ2v) is 6.06. The molecule has 118 valence electrons. The standard InChI is InChI=1S/C14H24ClN5O/c1-18(2)9-10-20-14(21)13(15)12(11-17-20)16-5-8-19-6-3-4-7-19/h11,16H,3-10H2,1-2H3. The SMILES string of the molecule is CN(C)CCn1ncc(NCCN2CCCC2)c(Cl)c1=O. The van der Waals surface area contributed by atoms with Gasteiger partial charge in [0, 0.05) is 19.6 Å². The van der Waals surface area contributed by atoms with Gasteiger partial charge in [-0.25, -0.2) is 4.68 Å². The molecule has 1 aliphatic rings. The minimum Gasteiger partial charge on any atom is -0.381 e. The van der Waals surface area contributed by atoms with E-state index in [2.05, 4.69) is 15.3 Å². The van der Waals surface area contributed by atoms with Gasteiger partial charge in [0.2, 0.25) is 0 Å². The molecular formula is C14H24ClN5O. The van der Waals surface area contributed by atoms with Crippen molar-refractivity contribution in [1.82, 2.24) is 19.6 Å². The van der Waals surface area contributed by atoms with E-state index in [0.29, 0.717) is 12.2 Å². The van der Waals surface area contributed by atoms with Crippen LogP contribution in [0.15, 0.2) is 11.0 Å². The molecule has 1 N–H and O–H groups in total. The van der Waals surface area contributed by atoms with Crippen LogP contribution in [0.4, 0.5) is 5.69 Å². The molecule has 0 bridgehead atoms. The smallest absolute Gasteiger partial charge is 0.287 e. The van der Waals surface area contributed by atoms with Crippen LogP contribution in [0.5, 0.6) is 0 Å². The van der Waals surface area contributed by atoms with Crippen molar-refractivity contribution < 1.29 is 0 Å². The first-order chi connectivity index (χ1) is 10.1. The zero-order valence-electron chi connectivity index (χ0n) is 12.8. The van der Waals surface area contributed by atoms with Gasteiger partial charge in [0.25, 0.3) is 5.56 Å². The minimum absolute atomic E-state index is 0.227. The number of nitrogens with zero attached hydrogens (tertiary/aromatic N) is 4. The Morgan fingerprint density at radius 1 is 1.33 bits per heavy atom. The van der Waals surface area contributed by atoms with E-state index in [9.17, 15) is 4.79 Å². The van der Waals surface area contributed by atoms with Crippen LogP contribution in [0, 0.1) is 0 Å². The zero-order valence-corrected chi connectivity index (χ0v) is 13.6. The molecule has 0 spiro atoms. The predicted octanol–water partition coefficient (Wildman–Crippen LogP) is 0.966. The second-order valence-electron chi connectivity index (χ2n) is 5.68. The van der Waals surface area contributed by atoms with E-state index >= 15 is 0 Å². The molecule has 0 radical (unpaired) electrons. The first-order valence-electron chi connectivity index (χ1n) is 7.44. The second kappa shape index (κ2) is 7.77. The average Bonchev–Trinajstić information content (AvgIpc) is 2.95. The summed E-state index contributed by atoms with van der Waals surface area (Å²) in [5.74, 6) is 0. The number of likely N-dealkylation sites (N-methyl/N-ethyl adjacent to an activating group) is 1. The summed E-state index contributed by atoms with van der Waals surface area (Å²) in [6, 6.07) is 0. The average molecular weight is 314 g/mol. The molecular weight excluding hydrogens is 290 g/mol. The number of nitrogens with one attached hydrogen (secondary N) is 1. The van der Waals surface area contributed by atoms with Gasteiger partial charge in [0.1, 0.15) is 5.02 Å². The van der Waals surface area contributed by atoms with Gasteiger partial charge in [-0.3, -0.25) is 4.79 Å². The maximum atomic E-state index is 12.1. The molecule has 1 saturated heterocycles. The normalized spacial score (nSPS) is 15.8. The van der Waals surface area contributed by atoms with Crippen molar-refractivity contribution >= 4 is 17.3 Å². The molecule has 1 fully saturated rings. The number of hydrogen-bond acceptors (Lipinski definition) is 5. The molecule has 2 rings (SSSR count). The molecule has 1 aliphatic heterocycles. The van der Waals surface area contributed by atoms with Crippen molar-refractivity contribution in [2.45, 2.75) is 19.4 Å². The summed E-state index contributed by atoms with van der Waals surface area (Å²) in [6.45, 7) is 5.38. The fraction of sp³-hybridized carbons (Fsp3) is 0.714. The maximum Gasteiger partial charge on any atom is 0.287 e. The Morgan fingerprint density at radius 3 is 2.71 bits per heavy atom. The van der Waals surface area contributed by atoms with Crippen LogP contribution in [0.2, 0.25) is 5.02 Å². The third-order valence-corrected chi connectivity index (χ3v) is 4.05. The topological polar surface area (TPSA) is 53.4 Å². The summed E-state index contributed by atoms with van der Waals surface area (Å²) < 4.78 is 1.41. The molecule has 2 heterocycles. The Bertz CT molecular complexity index is 511. The van der Waals surface area contributed by atoms with E-state index in [1.54, 1.807) is 6.20 Å².